The molecule has 4 heteroatoms. The van der Waals surface area contributed by atoms with Crippen molar-refractivity contribution >= 4 is 5.91 Å². The smallest absolute Gasteiger partial charge is 0.238 e. The van der Waals surface area contributed by atoms with Crippen LogP contribution in [-0.4, -0.2) is 42.0 Å². The number of carbonyl (C=O) groups excluding carboxylic acids is 1. The third-order valence-corrected chi connectivity index (χ3v) is 2.82. The first-order chi connectivity index (χ1) is 6.22. The van der Waals surface area contributed by atoms with Gasteiger partial charge in [0.2, 0.25) is 5.91 Å². The summed E-state index contributed by atoms with van der Waals surface area (Å²) in [7, 11) is 0. The zero-order valence-corrected chi connectivity index (χ0v) is 7.99. The summed E-state index contributed by atoms with van der Waals surface area (Å²) in [5.74, 6) is 0.105. The zero-order chi connectivity index (χ0) is 9.42. The highest BCUT2D eigenvalue weighted by Gasteiger charge is 2.40. The lowest BCUT2D eigenvalue weighted by molar-refractivity contribution is -0.130. The molecule has 0 aromatic rings. The first-order valence-corrected chi connectivity index (χ1v) is 4.98. The van der Waals surface area contributed by atoms with Gasteiger partial charge in [0.1, 0.15) is 6.04 Å². The molecule has 4 nitrogen and oxygen atoms in total. The lowest BCUT2D eigenvalue weighted by atomic mass is 10.1. The third-order valence-electron chi connectivity index (χ3n) is 2.82. The van der Waals surface area contributed by atoms with Crippen LogP contribution in [0.25, 0.3) is 0 Å². The van der Waals surface area contributed by atoms with Gasteiger partial charge in [-0.05, 0) is 19.8 Å². The molecule has 0 radical (unpaired) electrons. The molecule has 1 saturated heterocycles. The summed E-state index contributed by atoms with van der Waals surface area (Å²) in [6.07, 6.45) is 2.47. The van der Waals surface area contributed by atoms with Crippen molar-refractivity contribution in [3.8, 4) is 0 Å². The average molecular weight is 183 g/mol. The number of amides is 1. The third kappa shape index (κ3) is 1.69. The number of piperazine rings is 1. The number of nitrogens with one attached hydrogen (secondary N) is 1. The molecule has 1 aliphatic heterocycles. The Balaban J connectivity index is 2.06. The topological polar surface area (TPSA) is 58.4 Å². The second-order valence-electron chi connectivity index (χ2n) is 4.09. The minimum atomic E-state index is -0.0799. The van der Waals surface area contributed by atoms with Gasteiger partial charge in [0, 0.05) is 25.2 Å². The molecule has 2 fully saturated rings. The first-order valence-electron chi connectivity index (χ1n) is 4.98. The van der Waals surface area contributed by atoms with E-state index in [1.807, 2.05) is 6.92 Å². The number of hydrogen-bond acceptors (Lipinski definition) is 3. The minimum Gasteiger partial charge on any atom is -0.351 e. The van der Waals surface area contributed by atoms with Crippen molar-refractivity contribution < 1.29 is 4.79 Å². The molecule has 0 aromatic carbocycles. The van der Waals surface area contributed by atoms with Gasteiger partial charge in [-0.15, -0.1) is 0 Å². The van der Waals surface area contributed by atoms with Gasteiger partial charge in [0.25, 0.3) is 0 Å². The van der Waals surface area contributed by atoms with Crippen LogP contribution in [0.1, 0.15) is 19.8 Å². The molecular weight excluding hydrogens is 166 g/mol. The van der Waals surface area contributed by atoms with E-state index in [9.17, 15) is 4.79 Å². The molecule has 1 saturated carbocycles. The normalized spacial score (nSPS) is 36.0. The van der Waals surface area contributed by atoms with Crippen molar-refractivity contribution in [3.05, 3.63) is 0 Å². The van der Waals surface area contributed by atoms with E-state index in [0.717, 1.165) is 6.54 Å². The van der Waals surface area contributed by atoms with Crippen molar-refractivity contribution in [2.45, 2.75) is 37.9 Å². The average Bonchev–Trinajstić information content (AvgIpc) is 2.85. The van der Waals surface area contributed by atoms with E-state index < -0.39 is 0 Å². The molecule has 0 spiro atoms. The summed E-state index contributed by atoms with van der Waals surface area (Å²) < 4.78 is 0. The molecule has 13 heavy (non-hydrogen) atoms. The van der Waals surface area contributed by atoms with Crippen LogP contribution in [0, 0.1) is 0 Å². The quantitative estimate of drug-likeness (QED) is 0.595. The molecule has 1 heterocycles. The van der Waals surface area contributed by atoms with Crippen molar-refractivity contribution in [1.29, 1.82) is 0 Å². The van der Waals surface area contributed by atoms with Gasteiger partial charge in [-0.1, -0.05) is 0 Å². The summed E-state index contributed by atoms with van der Waals surface area (Å²) in [6.45, 7) is 3.44. The highest BCUT2D eigenvalue weighted by atomic mass is 16.2. The maximum atomic E-state index is 11.5. The van der Waals surface area contributed by atoms with Gasteiger partial charge in [0.05, 0.1) is 0 Å². The Hall–Kier alpha value is -0.610. The van der Waals surface area contributed by atoms with Gasteiger partial charge >= 0.3 is 0 Å². The van der Waals surface area contributed by atoms with Crippen molar-refractivity contribution in [2.24, 2.45) is 5.73 Å². The summed E-state index contributed by atoms with van der Waals surface area (Å²) in [4.78, 5) is 13.8. The van der Waals surface area contributed by atoms with E-state index >= 15 is 0 Å². The van der Waals surface area contributed by atoms with Gasteiger partial charge in [0.15, 0.2) is 0 Å². The number of rotatable bonds is 2. The van der Waals surface area contributed by atoms with Crippen LogP contribution in [-0.2, 0) is 4.79 Å². The fraction of sp³-hybridized carbons (Fsp3) is 0.889. The Bertz CT molecular complexity index is 215. The van der Waals surface area contributed by atoms with Crippen LogP contribution in [0.15, 0.2) is 0 Å². The van der Waals surface area contributed by atoms with Crippen LogP contribution in [0.3, 0.4) is 0 Å². The first kappa shape index (κ1) is 8.97. The lowest BCUT2D eigenvalue weighted by Crippen LogP contribution is -2.62. The largest absolute Gasteiger partial charge is 0.351 e. The number of hydrogen-bond donors (Lipinski definition) is 2. The fourth-order valence-corrected chi connectivity index (χ4v) is 2.03. The van der Waals surface area contributed by atoms with E-state index in [4.69, 9.17) is 5.73 Å². The molecule has 0 aromatic heterocycles. The molecule has 0 bridgehead atoms. The SMILES string of the molecule is CC1CN(C2CC2)C(CN)C(=O)N1. The lowest BCUT2D eigenvalue weighted by Gasteiger charge is -2.37. The molecule has 2 atom stereocenters. The predicted octanol–water partition coefficient (Wildman–Crippen LogP) is -0.704. The highest BCUT2D eigenvalue weighted by molar-refractivity contribution is 5.83. The molecule has 1 aliphatic carbocycles. The molecule has 2 unspecified atom stereocenters. The molecule has 1 amide bonds. The summed E-state index contributed by atoms with van der Waals surface area (Å²) in [5.41, 5.74) is 5.59. The van der Waals surface area contributed by atoms with Crippen LogP contribution < -0.4 is 11.1 Å². The number of carbonyl (C=O) groups is 1. The standard InChI is InChI=1S/C9H17N3O/c1-6-5-12(7-2-3-7)8(4-10)9(13)11-6/h6-8H,2-5,10H2,1H3,(H,11,13). The Morgan fingerprint density at radius 2 is 2.31 bits per heavy atom. The number of nitrogens with two attached hydrogens (primary N) is 1. The molecule has 74 valence electrons. The molecule has 2 rings (SSSR count). The van der Waals surface area contributed by atoms with Gasteiger partial charge in [-0.2, -0.15) is 0 Å². The molecule has 3 N–H and O–H groups in total. The maximum Gasteiger partial charge on any atom is 0.238 e. The van der Waals surface area contributed by atoms with E-state index in [0.29, 0.717) is 12.6 Å². The van der Waals surface area contributed by atoms with E-state index in [1.165, 1.54) is 12.8 Å². The van der Waals surface area contributed by atoms with Crippen molar-refractivity contribution in [2.75, 3.05) is 13.1 Å². The van der Waals surface area contributed by atoms with Crippen LogP contribution in [0.4, 0.5) is 0 Å². The Morgan fingerprint density at radius 1 is 1.62 bits per heavy atom. The van der Waals surface area contributed by atoms with Crippen LogP contribution >= 0.6 is 0 Å². The van der Waals surface area contributed by atoms with Gasteiger partial charge in [-0.3, -0.25) is 9.69 Å². The van der Waals surface area contributed by atoms with E-state index in [-0.39, 0.29) is 18.0 Å². The zero-order valence-electron chi connectivity index (χ0n) is 7.99. The van der Waals surface area contributed by atoms with Crippen molar-refractivity contribution in [3.63, 3.8) is 0 Å². The second kappa shape index (κ2) is 3.27. The monoisotopic (exact) mass is 183 g/mol. The van der Waals surface area contributed by atoms with Gasteiger partial charge in [-0.25, -0.2) is 0 Å². The maximum absolute atomic E-state index is 11.5. The second-order valence-corrected chi connectivity index (χ2v) is 4.09. The van der Waals surface area contributed by atoms with Crippen LogP contribution in [0.5, 0.6) is 0 Å². The van der Waals surface area contributed by atoms with Gasteiger partial charge < -0.3 is 11.1 Å². The van der Waals surface area contributed by atoms with E-state index in [1.54, 1.807) is 0 Å². The Labute approximate surface area is 78.5 Å². The molecular formula is C9H17N3O. The Morgan fingerprint density at radius 3 is 2.85 bits per heavy atom. The fourth-order valence-electron chi connectivity index (χ4n) is 2.03. The Kier molecular flexibility index (Phi) is 2.26. The molecule has 2 aliphatic rings. The summed E-state index contributed by atoms with van der Waals surface area (Å²) >= 11 is 0. The van der Waals surface area contributed by atoms with Crippen LogP contribution in [0.2, 0.25) is 0 Å². The highest BCUT2D eigenvalue weighted by Crippen LogP contribution is 2.29. The number of nitrogens with zero attached hydrogens (tertiary/aromatic N) is 1. The summed E-state index contributed by atoms with van der Waals surface area (Å²) in [6, 6.07) is 0.821. The predicted molar refractivity (Wildman–Crippen MR) is 50.2 cm³/mol. The summed E-state index contributed by atoms with van der Waals surface area (Å²) in [5, 5.41) is 2.93. The minimum absolute atomic E-state index is 0.0799. The van der Waals surface area contributed by atoms with Crippen molar-refractivity contribution in [1.82, 2.24) is 10.2 Å². The van der Waals surface area contributed by atoms with E-state index in [2.05, 4.69) is 10.2 Å².